The van der Waals surface area contributed by atoms with Crippen LogP contribution in [0.15, 0.2) is 18.2 Å². The second kappa shape index (κ2) is 6.58. The predicted molar refractivity (Wildman–Crippen MR) is 85.0 cm³/mol. The van der Waals surface area contributed by atoms with Gasteiger partial charge in [0.2, 0.25) is 5.91 Å². The van der Waals surface area contributed by atoms with Gasteiger partial charge in [0, 0.05) is 18.2 Å². The van der Waals surface area contributed by atoms with Crippen molar-refractivity contribution in [3.8, 4) is 11.5 Å². The fourth-order valence-electron chi connectivity index (χ4n) is 3.50. The Morgan fingerprint density at radius 2 is 1.61 bits per heavy atom. The van der Waals surface area contributed by atoms with Gasteiger partial charge in [-0.3, -0.25) is 9.59 Å². The van der Waals surface area contributed by atoms with Gasteiger partial charge in [-0.05, 0) is 19.3 Å². The fourth-order valence-corrected chi connectivity index (χ4v) is 3.50. The first-order valence-corrected chi connectivity index (χ1v) is 8.08. The van der Waals surface area contributed by atoms with Crippen molar-refractivity contribution in [2.24, 2.45) is 0 Å². The van der Waals surface area contributed by atoms with Crippen LogP contribution in [0.5, 0.6) is 11.5 Å². The number of quaternary nitrogens is 1. The normalized spacial score (nSPS) is 22.5. The third-order valence-corrected chi connectivity index (χ3v) is 4.73. The van der Waals surface area contributed by atoms with Gasteiger partial charge in [-0.2, -0.15) is 0 Å². The van der Waals surface area contributed by atoms with Crippen molar-refractivity contribution < 1.29 is 24.0 Å². The number of amides is 2. The first kappa shape index (κ1) is 15.8. The lowest BCUT2D eigenvalue weighted by molar-refractivity contribution is -0.919. The molecule has 0 unspecified atom stereocenters. The molecule has 1 atom stereocenters. The molecule has 3 rings (SSSR count). The molecule has 1 N–H and O–H groups in total. The van der Waals surface area contributed by atoms with E-state index >= 15 is 0 Å². The van der Waals surface area contributed by atoms with Crippen molar-refractivity contribution in [2.75, 3.05) is 32.2 Å². The van der Waals surface area contributed by atoms with Gasteiger partial charge in [-0.25, -0.2) is 4.90 Å². The number of likely N-dealkylation sites (tertiary alicyclic amines) is 1. The maximum Gasteiger partial charge on any atom is 0.292 e. The van der Waals surface area contributed by atoms with E-state index in [-0.39, 0.29) is 24.3 Å². The number of benzene rings is 1. The van der Waals surface area contributed by atoms with E-state index in [1.807, 2.05) is 0 Å². The molecule has 0 aromatic heterocycles. The van der Waals surface area contributed by atoms with Crippen molar-refractivity contribution in [3.63, 3.8) is 0 Å². The summed E-state index contributed by atoms with van der Waals surface area (Å²) in [5, 5.41) is 0. The summed E-state index contributed by atoms with van der Waals surface area (Å²) < 4.78 is 10.5. The van der Waals surface area contributed by atoms with Crippen molar-refractivity contribution in [3.05, 3.63) is 18.2 Å². The van der Waals surface area contributed by atoms with Gasteiger partial charge >= 0.3 is 0 Å². The Morgan fingerprint density at radius 3 is 2.17 bits per heavy atom. The van der Waals surface area contributed by atoms with Gasteiger partial charge in [0.15, 0.2) is 6.04 Å². The average Bonchev–Trinajstić information content (AvgIpc) is 2.89. The van der Waals surface area contributed by atoms with Crippen LogP contribution < -0.4 is 19.3 Å². The third kappa shape index (κ3) is 3.03. The molecule has 6 heteroatoms. The highest BCUT2D eigenvalue weighted by Gasteiger charge is 2.46. The molecule has 124 valence electrons. The number of anilines is 1. The highest BCUT2D eigenvalue weighted by Crippen LogP contribution is 2.31. The van der Waals surface area contributed by atoms with Gasteiger partial charge in [-0.1, -0.05) is 0 Å². The number of methoxy groups -OCH3 is 2. The molecule has 2 heterocycles. The van der Waals surface area contributed by atoms with Crippen molar-refractivity contribution in [1.29, 1.82) is 0 Å². The van der Waals surface area contributed by atoms with Crippen LogP contribution in [-0.4, -0.2) is 45.2 Å². The number of rotatable bonds is 4. The van der Waals surface area contributed by atoms with Crippen LogP contribution in [0, 0.1) is 0 Å². The van der Waals surface area contributed by atoms with E-state index < -0.39 is 0 Å². The van der Waals surface area contributed by atoms with Crippen LogP contribution in [0.3, 0.4) is 0 Å². The molecule has 1 aromatic rings. The second-order valence-corrected chi connectivity index (χ2v) is 6.11. The van der Waals surface area contributed by atoms with Crippen LogP contribution in [0.1, 0.15) is 25.7 Å². The summed E-state index contributed by atoms with van der Waals surface area (Å²) in [6.45, 7) is 1.94. The van der Waals surface area contributed by atoms with E-state index in [0.717, 1.165) is 25.9 Å². The zero-order valence-electron chi connectivity index (χ0n) is 13.6. The zero-order chi connectivity index (χ0) is 16.4. The molecule has 0 bridgehead atoms. The number of nitrogens with one attached hydrogen (secondary N) is 1. The highest BCUT2D eigenvalue weighted by molar-refractivity contribution is 6.22. The first-order chi connectivity index (χ1) is 11.1. The second-order valence-electron chi connectivity index (χ2n) is 6.11. The predicted octanol–water partition coefficient (Wildman–Crippen LogP) is 0.405. The average molecular weight is 319 g/mol. The molecular formula is C17H23N2O4+. The summed E-state index contributed by atoms with van der Waals surface area (Å²) in [4.78, 5) is 27.8. The molecule has 23 heavy (non-hydrogen) atoms. The van der Waals surface area contributed by atoms with Crippen molar-refractivity contribution in [1.82, 2.24) is 0 Å². The minimum atomic E-state index is -0.250. The molecule has 2 amide bonds. The van der Waals surface area contributed by atoms with Gasteiger partial charge in [0.05, 0.1) is 39.4 Å². The van der Waals surface area contributed by atoms with Crippen molar-refractivity contribution >= 4 is 17.5 Å². The number of carbonyl (C=O) groups excluding carboxylic acids is 2. The topological polar surface area (TPSA) is 60.3 Å². The summed E-state index contributed by atoms with van der Waals surface area (Å²) >= 11 is 0. The molecular weight excluding hydrogens is 296 g/mol. The molecule has 0 saturated carbocycles. The highest BCUT2D eigenvalue weighted by atomic mass is 16.5. The van der Waals surface area contributed by atoms with Crippen LogP contribution in [0.25, 0.3) is 0 Å². The summed E-state index contributed by atoms with van der Waals surface area (Å²) in [5.41, 5.74) is 0.523. The van der Waals surface area contributed by atoms with E-state index in [9.17, 15) is 9.59 Å². The Kier molecular flexibility index (Phi) is 4.52. The molecule has 0 radical (unpaired) electrons. The number of imide groups is 1. The van der Waals surface area contributed by atoms with Gasteiger partial charge in [0.25, 0.3) is 5.91 Å². The standard InChI is InChI=1S/C17H22N2O4/c1-22-13-8-12(9-14(10-13)23-2)19-16(20)11-15(17(19)21)18-6-4-3-5-7-18/h8-10,15H,3-7,11H2,1-2H3/p+1/t15-/m1/s1. The molecule has 0 aliphatic carbocycles. The molecule has 6 nitrogen and oxygen atoms in total. The van der Waals surface area contributed by atoms with E-state index in [1.165, 1.54) is 16.2 Å². The monoisotopic (exact) mass is 319 g/mol. The Bertz CT molecular complexity index is 588. The maximum absolute atomic E-state index is 12.8. The molecule has 2 saturated heterocycles. The lowest BCUT2D eigenvalue weighted by Crippen LogP contribution is -3.17. The minimum absolute atomic E-state index is 0.109. The minimum Gasteiger partial charge on any atom is -0.497 e. The summed E-state index contributed by atoms with van der Waals surface area (Å²) in [6.07, 6.45) is 3.75. The van der Waals surface area contributed by atoms with Crippen LogP contribution in [0.2, 0.25) is 0 Å². The van der Waals surface area contributed by atoms with E-state index in [0.29, 0.717) is 17.2 Å². The van der Waals surface area contributed by atoms with Gasteiger partial charge in [-0.15, -0.1) is 0 Å². The number of nitrogens with zero attached hydrogens (tertiary/aromatic N) is 1. The molecule has 2 aliphatic rings. The van der Waals surface area contributed by atoms with Crippen LogP contribution >= 0.6 is 0 Å². The van der Waals surface area contributed by atoms with E-state index in [2.05, 4.69) is 0 Å². The van der Waals surface area contributed by atoms with Crippen LogP contribution in [-0.2, 0) is 9.59 Å². The van der Waals surface area contributed by atoms with Crippen molar-refractivity contribution in [2.45, 2.75) is 31.7 Å². The Morgan fingerprint density at radius 1 is 1.00 bits per heavy atom. The first-order valence-electron chi connectivity index (χ1n) is 8.08. The fraction of sp³-hybridized carbons (Fsp3) is 0.529. The smallest absolute Gasteiger partial charge is 0.292 e. The quantitative estimate of drug-likeness (QED) is 0.817. The number of carbonyl (C=O) groups is 2. The molecule has 0 spiro atoms. The number of hydrogen-bond donors (Lipinski definition) is 1. The number of ether oxygens (including phenoxy) is 2. The SMILES string of the molecule is COc1cc(OC)cc(N2C(=O)C[C@@H]([NH+]3CCCCC3)C2=O)c1. The summed E-state index contributed by atoms with van der Waals surface area (Å²) in [7, 11) is 3.10. The molecule has 2 aliphatic heterocycles. The Hall–Kier alpha value is -2.08. The van der Waals surface area contributed by atoms with Gasteiger partial charge < -0.3 is 14.4 Å². The third-order valence-electron chi connectivity index (χ3n) is 4.73. The largest absolute Gasteiger partial charge is 0.497 e. The maximum atomic E-state index is 12.8. The van der Waals surface area contributed by atoms with Gasteiger partial charge in [0.1, 0.15) is 11.5 Å². The molecule has 2 fully saturated rings. The number of piperidine rings is 1. The van der Waals surface area contributed by atoms with Crippen LogP contribution in [0.4, 0.5) is 5.69 Å². The lowest BCUT2D eigenvalue weighted by atomic mass is 10.1. The van der Waals surface area contributed by atoms with E-state index in [1.54, 1.807) is 32.4 Å². The lowest BCUT2D eigenvalue weighted by Gasteiger charge is -2.27. The summed E-state index contributed by atoms with van der Waals surface area (Å²) in [6, 6.07) is 4.88. The zero-order valence-corrected chi connectivity index (χ0v) is 13.6. The van der Waals surface area contributed by atoms with E-state index in [4.69, 9.17) is 9.47 Å². The Labute approximate surface area is 136 Å². The summed E-state index contributed by atoms with van der Waals surface area (Å²) in [5.74, 6) is 0.873. The molecule has 1 aromatic carbocycles. The number of hydrogen-bond acceptors (Lipinski definition) is 4. The Balaban J connectivity index is 1.87.